The number of alkyl halides is 1. The number of carbonyl (C=O) groups excluding carboxylic acids is 1. The van der Waals surface area contributed by atoms with Crippen LogP contribution in [-0.4, -0.2) is 92.8 Å². The summed E-state index contributed by atoms with van der Waals surface area (Å²) in [7, 11) is -10.5. The van der Waals surface area contributed by atoms with Crippen LogP contribution in [0.5, 0.6) is 0 Å². The highest BCUT2D eigenvalue weighted by atomic mass is 127. The molecule has 1 amide bonds. The fourth-order valence-corrected chi connectivity index (χ4v) is 5.90. The quantitative estimate of drug-likeness (QED) is 0.0521. The molecule has 0 spiro atoms. The number of amides is 1. The predicted octanol–water partition coefficient (Wildman–Crippen LogP) is 0.975. The van der Waals surface area contributed by atoms with Crippen molar-refractivity contribution in [1.82, 2.24) is 24.8 Å². The maximum absolute atomic E-state index is 11.7. The van der Waals surface area contributed by atoms with Crippen molar-refractivity contribution in [2.75, 3.05) is 29.4 Å². The minimum atomic E-state index is -5.32. The lowest BCUT2D eigenvalue weighted by atomic mass is 10.1. The van der Waals surface area contributed by atoms with Gasteiger partial charge in [-0.25, -0.2) is 24.1 Å². The summed E-state index contributed by atoms with van der Waals surface area (Å²) >= 11 is 2.03. The number of phosphoric acid groups is 2. The largest absolute Gasteiger partial charge is 0.481 e. The van der Waals surface area contributed by atoms with Gasteiger partial charge in [-0.3, -0.25) is 13.9 Å². The number of aliphatic hydroxyl groups excluding tert-OH is 2. The Morgan fingerprint density at radius 2 is 1.70 bits per heavy atom. The third-order valence-corrected chi connectivity index (χ3v) is 8.77. The van der Waals surface area contributed by atoms with E-state index in [9.17, 15) is 29.0 Å². The smallest absolute Gasteiger partial charge is 0.387 e. The lowest BCUT2D eigenvalue weighted by molar-refractivity contribution is -0.118. The molecule has 0 aliphatic carbocycles. The van der Waals surface area contributed by atoms with Gasteiger partial charge in [-0.05, 0) is 12.8 Å². The Morgan fingerprint density at radius 3 is 2.38 bits per heavy atom. The van der Waals surface area contributed by atoms with Crippen LogP contribution in [0.2, 0.25) is 0 Å². The number of phosphoric ester groups is 1. The number of nitrogens with zero attached hydrogens (tertiary/aromatic N) is 4. The van der Waals surface area contributed by atoms with Gasteiger partial charge in [-0.2, -0.15) is 4.31 Å². The van der Waals surface area contributed by atoms with Gasteiger partial charge in [-0.1, -0.05) is 48.3 Å². The number of carbonyl (C=O) groups is 1. The van der Waals surface area contributed by atoms with Crippen LogP contribution in [0, 0.1) is 0 Å². The highest BCUT2D eigenvalue weighted by Crippen LogP contribution is 2.57. The van der Waals surface area contributed by atoms with Gasteiger partial charge in [0.2, 0.25) is 5.91 Å². The zero-order valence-corrected chi connectivity index (χ0v) is 25.2. The molecule has 3 heterocycles. The van der Waals surface area contributed by atoms with Crippen LogP contribution in [0.3, 0.4) is 0 Å². The Balaban J connectivity index is 1.49. The Morgan fingerprint density at radius 1 is 1.02 bits per heavy atom. The van der Waals surface area contributed by atoms with Crippen molar-refractivity contribution < 1.29 is 52.4 Å². The highest BCUT2D eigenvalue weighted by Gasteiger charge is 2.46. The average Bonchev–Trinajstić information content (AvgIpc) is 3.43. The number of nitrogens with one attached hydrogen (secondary N) is 2. The first kappa shape index (κ1) is 33.2. The van der Waals surface area contributed by atoms with Crippen molar-refractivity contribution in [3.8, 4) is 0 Å². The van der Waals surface area contributed by atoms with Crippen LogP contribution >= 0.6 is 38.2 Å². The molecule has 17 nitrogen and oxygen atoms in total. The van der Waals surface area contributed by atoms with Crippen molar-refractivity contribution >= 4 is 61.1 Å². The third-order valence-electron chi connectivity index (χ3n) is 5.92. The van der Waals surface area contributed by atoms with E-state index in [0.29, 0.717) is 34.5 Å². The van der Waals surface area contributed by atoms with E-state index in [-0.39, 0.29) is 5.91 Å². The van der Waals surface area contributed by atoms with E-state index in [1.807, 2.05) is 22.6 Å². The molecule has 1 fully saturated rings. The van der Waals surface area contributed by atoms with E-state index in [2.05, 4.69) is 34.4 Å². The van der Waals surface area contributed by atoms with Gasteiger partial charge in [0.15, 0.2) is 23.2 Å². The van der Waals surface area contributed by atoms with E-state index >= 15 is 0 Å². The maximum atomic E-state index is 11.7. The maximum Gasteiger partial charge on any atom is 0.481 e. The summed E-state index contributed by atoms with van der Waals surface area (Å²) in [4.78, 5) is 50.8. The number of hydrogen-bond acceptors (Lipinski definition) is 12. The fourth-order valence-electron chi connectivity index (χ4n) is 4.03. The topological polar surface area (TPSA) is 248 Å². The second-order valence-electron chi connectivity index (χ2n) is 8.96. The molecule has 40 heavy (non-hydrogen) atoms. The molecule has 1 aliphatic rings. The molecule has 3 rings (SSSR count). The van der Waals surface area contributed by atoms with Crippen molar-refractivity contribution in [2.45, 2.75) is 63.1 Å². The van der Waals surface area contributed by atoms with Crippen molar-refractivity contribution in [2.24, 2.45) is 0 Å². The van der Waals surface area contributed by atoms with Gasteiger partial charge in [0.25, 0.3) is 0 Å². The molecule has 5 atom stereocenters. The summed E-state index contributed by atoms with van der Waals surface area (Å²) in [5, 5.41) is 27.0. The van der Waals surface area contributed by atoms with Crippen LogP contribution in [0.4, 0.5) is 5.82 Å². The number of imidazole rings is 1. The SMILES string of the molecule is O=C(CI)NCCCCCCCCNc1ncnc2c1ncn2[C@@H]1O[C@H](COP(=O)(O)OP(=O)(O)O)[C@@H](O)[C@H]1O. The standard InChI is InChI=1S/C20H33IN6O11P2/c21-9-14(28)22-7-5-3-1-2-4-6-8-23-18-15-19(25-11-24-18)27(12-26-15)20-17(30)16(29)13(37-20)10-36-40(34,35)38-39(31,32)33/h11-13,16-17,20,29-30H,1-10H2,(H,22,28)(H,34,35)(H,23,24,25)(H2,31,32,33)/t13-,16-,17-,20-/m1/s1. The molecule has 226 valence electrons. The van der Waals surface area contributed by atoms with E-state index in [1.54, 1.807) is 0 Å². The van der Waals surface area contributed by atoms with Crippen LogP contribution in [0.1, 0.15) is 44.8 Å². The number of rotatable bonds is 17. The minimum Gasteiger partial charge on any atom is -0.387 e. The Hall–Kier alpha value is -1.31. The van der Waals surface area contributed by atoms with Crippen molar-refractivity contribution in [1.29, 1.82) is 0 Å². The summed E-state index contributed by atoms with van der Waals surface area (Å²) in [6.07, 6.45) is 3.08. The molecule has 2 aromatic heterocycles. The second kappa shape index (κ2) is 15.2. The molecule has 20 heteroatoms. The van der Waals surface area contributed by atoms with Crippen molar-refractivity contribution in [3.63, 3.8) is 0 Å². The normalized spacial score (nSPS) is 22.9. The molecule has 0 aromatic carbocycles. The number of anilines is 1. The van der Waals surface area contributed by atoms with E-state index in [4.69, 9.17) is 14.5 Å². The van der Waals surface area contributed by atoms with Gasteiger partial charge in [0.05, 0.1) is 17.4 Å². The summed E-state index contributed by atoms with van der Waals surface area (Å²) in [6, 6.07) is 0. The molecular weight excluding hydrogens is 689 g/mol. The molecule has 0 saturated carbocycles. The van der Waals surface area contributed by atoms with Gasteiger partial charge < -0.3 is 40.3 Å². The van der Waals surface area contributed by atoms with Crippen LogP contribution in [0.25, 0.3) is 11.2 Å². The van der Waals surface area contributed by atoms with Gasteiger partial charge >= 0.3 is 15.6 Å². The second-order valence-corrected chi connectivity index (χ2v) is 12.6. The molecule has 7 N–H and O–H groups in total. The Bertz CT molecular complexity index is 1220. The Labute approximate surface area is 243 Å². The van der Waals surface area contributed by atoms with Crippen molar-refractivity contribution in [3.05, 3.63) is 12.7 Å². The van der Waals surface area contributed by atoms with Gasteiger partial charge in [0, 0.05) is 13.1 Å². The molecular formula is C20H33IN6O11P2. The molecule has 1 saturated heterocycles. The molecule has 1 unspecified atom stereocenters. The average molecular weight is 722 g/mol. The summed E-state index contributed by atoms with van der Waals surface area (Å²) in [5.74, 6) is 0.529. The molecule has 0 bridgehead atoms. The predicted molar refractivity (Wildman–Crippen MR) is 148 cm³/mol. The molecule has 2 aromatic rings. The number of ether oxygens (including phenoxy) is 1. The van der Waals surface area contributed by atoms with Gasteiger partial charge in [-0.15, -0.1) is 0 Å². The number of aromatic nitrogens is 4. The van der Waals surface area contributed by atoms with Crippen LogP contribution in [-0.2, 0) is 27.5 Å². The van der Waals surface area contributed by atoms with Crippen LogP contribution < -0.4 is 10.6 Å². The number of aliphatic hydroxyl groups is 2. The van der Waals surface area contributed by atoms with Gasteiger partial charge in [0.1, 0.15) is 24.6 Å². The van der Waals surface area contributed by atoms with E-state index < -0.39 is 46.8 Å². The highest BCUT2D eigenvalue weighted by molar-refractivity contribution is 14.1. The first-order chi connectivity index (χ1) is 18.9. The summed E-state index contributed by atoms with van der Waals surface area (Å²) in [5.41, 5.74) is 0.693. The third kappa shape index (κ3) is 9.90. The molecule has 0 radical (unpaired) electrons. The van der Waals surface area contributed by atoms with E-state index in [1.165, 1.54) is 17.2 Å². The summed E-state index contributed by atoms with van der Waals surface area (Å²) < 4.78 is 38.1. The van der Waals surface area contributed by atoms with Crippen LogP contribution in [0.15, 0.2) is 12.7 Å². The first-order valence-electron chi connectivity index (χ1n) is 12.4. The monoisotopic (exact) mass is 722 g/mol. The first-order valence-corrected chi connectivity index (χ1v) is 17.0. The minimum absolute atomic E-state index is 0.0583. The number of halogens is 1. The lowest BCUT2D eigenvalue weighted by Crippen LogP contribution is -2.33. The zero-order valence-electron chi connectivity index (χ0n) is 21.3. The molecule has 1 aliphatic heterocycles. The van der Waals surface area contributed by atoms with E-state index in [0.717, 1.165) is 38.5 Å². The number of hydrogen-bond donors (Lipinski definition) is 7. The Kier molecular flexibility index (Phi) is 12.7. The number of fused-ring (bicyclic) bond motifs is 1. The zero-order chi connectivity index (χ0) is 29.3. The lowest BCUT2D eigenvalue weighted by Gasteiger charge is -2.17. The number of unbranched alkanes of at least 4 members (excludes halogenated alkanes) is 5. The summed E-state index contributed by atoms with van der Waals surface area (Å²) in [6.45, 7) is 0.532. The fraction of sp³-hybridized carbons (Fsp3) is 0.700.